The van der Waals surface area contributed by atoms with Crippen LogP contribution in [-0.4, -0.2) is 84.1 Å². The summed E-state index contributed by atoms with van der Waals surface area (Å²) in [4.78, 5) is 59.4. The van der Waals surface area contributed by atoms with Crippen molar-refractivity contribution in [2.75, 3.05) is 13.2 Å². The Labute approximate surface area is 299 Å². The zero-order chi connectivity index (χ0) is 35.9. The summed E-state index contributed by atoms with van der Waals surface area (Å²) < 4.78 is 33.3. The van der Waals surface area contributed by atoms with Crippen molar-refractivity contribution in [3.8, 4) is 0 Å². The van der Waals surface area contributed by atoms with Gasteiger partial charge in [-0.25, -0.2) is 13.2 Å². The number of ether oxygens (including phenoxy) is 1. The quantitative estimate of drug-likeness (QED) is 0.365. The van der Waals surface area contributed by atoms with Gasteiger partial charge in [-0.1, -0.05) is 75.2 Å². The number of rotatable bonds is 7. The van der Waals surface area contributed by atoms with E-state index in [9.17, 15) is 27.6 Å². The molecule has 0 aromatic heterocycles. The van der Waals surface area contributed by atoms with Crippen LogP contribution in [-0.2, 0) is 42.2 Å². The topological polar surface area (TPSA) is 154 Å². The van der Waals surface area contributed by atoms with Crippen molar-refractivity contribution in [2.24, 2.45) is 11.8 Å². The predicted molar refractivity (Wildman–Crippen MR) is 192 cm³/mol. The van der Waals surface area contributed by atoms with Gasteiger partial charge in [0.15, 0.2) is 0 Å². The van der Waals surface area contributed by atoms with Gasteiger partial charge in [0.2, 0.25) is 21.8 Å². The lowest BCUT2D eigenvalue weighted by Crippen LogP contribution is -2.58. The van der Waals surface area contributed by atoms with E-state index in [0.29, 0.717) is 45.2 Å². The minimum Gasteiger partial charge on any atom is -0.449 e. The molecule has 13 heteroatoms. The van der Waals surface area contributed by atoms with Crippen LogP contribution in [0.2, 0.25) is 0 Å². The van der Waals surface area contributed by atoms with Gasteiger partial charge in [-0.3, -0.25) is 24.0 Å². The molecule has 3 aliphatic heterocycles. The SMILES string of the molecule is CC(C)COC(=O)NC1CCCCC/C=C/C2CC2(C(=O)NS(=O)(=O)C2CC2)NC(=O)C2C[C@@H](N3Cc4cccc5cccc(c45)C3)CN2C1=O. The molecule has 1 saturated heterocycles. The molecule has 3 N–H and O–H groups in total. The first-order valence-electron chi connectivity index (χ1n) is 18.5. The third-order valence-electron chi connectivity index (χ3n) is 11.0. The van der Waals surface area contributed by atoms with Crippen molar-refractivity contribution in [1.82, 2.24) is 25.2 Å². The molecule has 0 radical (unpaired) electrons. The lowest BCUT2D eigenvalue weighted by atomic mass is 9.94. The highest BCUT2D eigenvalue weighted by Gasteiger charge is 2.62. The third kappa shape index (κ3) is 7.51. The summed E-state index contributed by atoms with van der Waals surface area (Å²) in [5.41, 5.74) is 0.935. The first-order valence-corrected chi connectivity index (χ1v) is 20.0. The summed E-state index contributed by atoms with van der Waals surface area (Å²) >= 11 is 0. The van der Waals surface area contributed by atoms with Crippen molar-refractivity contribution < 1.29 is 32.3 Å². The first-order chi connectivity index (χ1) is 24.4. The number of fused-ring (bicyclic) bond motifs is 2. The molecule has 4 unspecified atom stereocenters. The highest BCUT2D eigenvalue weighted by Crippen LogP contribution is 2.46. The monoisotopic (exact) mass is 719 g/mol. The van der Waals surface area contributed by atoms with Crippen molar-refractivity contribution in [3.05, 3.63) is 59.7 Å². The highest BCUT2D eigenvalue weighted by molar-refractivity contribution is 7.91. The average molecular weight is 720 g/mol. The van der Waals surface area contributed by atoms with Gasteiger partial charge in [0.25, 0.3) is 5.91 Å². The Morgan fingerprint density at radius 1 is 1.02 bits per heavy atom. The van der Waals surface area contributed by atoms with Gasteiger partial charge < -0.3 is 20.3 Å². The zero-order valence-corrected chi connectivity index (χ0v) is 30.3. The highest BCUT2D eigenvalue weighted by atomic mass is 32.2. The molecule has 5 aliphatic rings. The summed E-state index contributed by atoms with van der Waals surface area (Å²) in [6, 6.07) is 10.5. The van der Waals surface area contributed by atoms with Crippen LogP contribution < -0.4 is 15.4 Å². The number of allylic oxidation sites excluding steroid dienone is 1. The Hall–Kier alpha value is -3.97. The number of amides is 4. The van der Waals surface area contributed by atoms with Crippen LogP contribution in [0.1, 0.15) is 82.8 Å². The molecule has 2 aliphatic carbocycles. The molecule has 2 saturated carbocycles. The van der Waals surface area contributed by atoms with Crippen LogP contribution in [0.25, 0.3) is 10.8 Å². The second-order valence-electron chi connectivity index (χ2n) is 15.4. The molecule has 3 heterocycles. The van der Waals surface area contributed by atoms with Crippen LogP contribution in [0, 0.1) is 11.8 Å². The number of hydrogen-bond acceptors (Lipinski definition) is 8. The van der Waals surface area contributed by atoms with Crippen LogP contribution in [0.5, 0.6) is 0 Å². The van der Waals surface area contributed by atoms with Gasteiger partial charge in [-0.05, 0) is 72.8 Å². The molecule has 0 spiro atoms. The number of nitrogens with one attached hydrogen (secondary N) is 3. The molecule has 0 bridgehead atoms. The minimum atomic E-state index is -3.85. The number of sulfonamides is 1. The van der Waals surface area contributed by atoms with E-state index in [2.05, 4.69) is 44.5 Å². The van der Waals surface area contributed by atoms with Gasteiger partial charge in [-0.2, -0.15) is 0 Å². The van der Waals surface area contributed by atoms with E-state index < -0.39 is 50.8 Å². The number of benzene rings is 2. The summed E-state index contributed by atoms with van der Waals surface area (Å²) in [5.74, 6) is -1.85. The van der Waals surface area contributed by atoms with Crippen molar-refractivity contribution in [2.45, 2.75) is 114 Å². The molecular formula is C38H49N5O7S. The van der Waals surface area contributed by atoms with E-state index in [1.807, 2.05) is 38.1 Å². The Morgan fingerprint density at radius 2 is 1.75 bits per heavy atom. The van der Waals surface area contributed by atoms with E-state index in [-0.39, 0.29) is 43.4 Å². The molecule has 4 amide bonds. The molecule has 5 atom stereocenters. The Morgan fingerprint density at radius 3 is 2.43 bits per heavy atom. The van der Waals surface area contributed by atoms with Crippen LogP contribution in [0.3, 0.4) is 0 Å². The Kier molecular flexibility index (Phi) is 9.88. The smallest absolute Gasteiger partial charge is 0.407 e. The fourth-order valence-electron chi connectivity index (χ4n) is 7.99. The summed E-state index contributed by atoms with van der Waals surface area (Å²) in [6.07, 6.45) is 8.26. The van der Waals surface area contributed by atoms with Crippen molar-refractivity contribution in [1.29, 1.82) is 0 Å². The van der Waals surface area contributed by atoms with E-state index in [1.54, 1.807) is 4.90 Å². The Balaban J connectivity index is 1.18. The minimum absolute atomic E-state index is 0.121. The lowest BCUT2D eigenvalue weighted by molar-refractivity contribution is -0.141. The molecule has 2 aromatic rings. The number of carbonyl (C=O) groups excluding carboxylic acids is 4. The standard InChI is InChI=1S/C38H49N5O7S/c1-24(2)23-50-37(47)39-31-15-7-5-3-4-6-14-28-19-38(28,36(46)41-51(48,49)30-16-17-30)40-34(44)32-18-29(22-43(32)35(31)45)42-20-26-12-8-10-25-11-9-13-27(21-42)33(25)26/h6,8-14,24,28-32H,3-5,7,15-23H2,1-2H3,(H,39,47)(H,40,44)(H,41,46)/b14-6+/t28?,29-,31?,32?,38?/m1/s1. The number of hydrogen-bond donors (Lipinski definition) is 3. The third-order valence-corrected chi connectivity index (χ3v) is 12.9. The normalized spacial score (nSPS) is 29.3. The first kappa shape index (κ1) is 35.4. The van der Waals surface area contributed by atoms with Crippen LogP contribution in [0.4, 0.5) is 4.79 Å². The largest absolute Gasteiger partial charge is 0.449 e. The van der Waals surface area contributed by atoms with Crippen LogP contribution in [0.15, 0.2) is 48.6 Å². The van der Waals surface area contributed by atoms with E-state index in [1.165, 1.54) is 21.9 Å². The van der Waals surface area contributed by atoms with Crippen molar-refractivity contribution in [3.63, 3.8) is 0 Å². The van der Waals surface area contributed by atoms with Gasteiger partial charge >= 0.3 is 6.09 Å². The molecule has 2 aromatic carbocycles. The fraction of sp³-hybridized carbons (Fsp3) is 0.579. The number of nitrogens with zero attached hydrogens (tertiary/aromatic N) is 2. The average Bonchev–Trinajstić information content (AvgIpc) is 4.02. The second kappa shape index (κ2) is 14.2. The predicted octanol–water partition coefficient (Wildman–Crippen LogP) is 3.88. The summed E-state index contributed by atoms with van der Waals surface area (Å²) in [7, 11) is -3.85. The molecule has 51 heavy (non-hydrogen) atoms. The molecule has 12 nitrogen and oxygen atoms in total. The fourth-order valence-corrected chi connectivity index (χ4v) is 9.35. The van der Waals surface area contributed by atoms with Gasteiger partial charge in [0, 0.05) is 31.6 Å². The maximum Gasteiger partial charge on any atom is 0.407 e. The maximum absolute atomic E-state index is 14.5. The number of alkyl carbamates (subject to hydrolysis) is 1. The van der Waals surface area contributed by atoms with Gasteiger partial charge in [-0.15, -0.1) is 0 Å². The van der Waals surface area contributed by atoms with E-state index in [0.717, 1.165) is 19.3 Å². The van der Waals surface area contributed by atoms with Gasteiger partial charge in [0.1, 0.15) is 17.6 Å². The number of carbonyl (C=O) groups is 4. The summed E-state index contributed by atoms with van der Waals surface area (Å²) in [5, 5.41) is 7.59. The van der Waals surface area contributed by atoms with Gasteiger partial charge in [0.05, 0.1) is 11.9 Å². The second-order valence-corrected chi connectivity index (χ2v) is 17.4. The summed E-state index contributed by atoms with van der Waals surface area (Å²) in [6.45, 7) is 5.63. The molecule has 7 rings (SSSR count). The van der Waals surface area contributed by atoms with E-state index in [4.69, 9.17) is 4.74 Å². The molecular weight excluding hydrogens is 671 g/mol. The van der Waals surface area contributed by atoms with Crippen molar-refractivity contribution >= 4 is 44.6 Å². The Bertz CT molecular complexity index is 1800. The molecule has 274 valence electrons. The lowest BCUT2D eigenvalue weighted by Gasteiger charge is -2.34. The van der Waals surface area contributed by atoms with Crippen LogP contribution >= 0.6 is 0 Å². The van der Waals surface area contributed by atoms with E-state index >= 15 is 0 Å². The zero-order valence-electron chi connectivity index (χ0n) is 29.4. The molecule has 3 fully saturated rings. The maximum atomic E-state index is 14.5.